The van der Waals surface area contributed by atoms with Gasteiger partial charge in [-0.1, -0.05) is 12.1 Å². The molecule has 0 bridgehead atoms. The Morgan fingerprint density at radius 2 is 1.76 bits per heavy atom. The Morgan fingerprint density at radius 3 is 2.24 bits per heavy atom. The van der Waals surface area contributed by atoms with Crippen LogP contribution < -0.4 is 9.62 Å². The molecule has 17 heavy (non-hydrogen) atoms. The Bertz CT molecular complexity index is 499. The summed E-state index contributed by atoms with van der Waals surface area (Å²) in [6.45, 7) is 0. The lowest BCUT2D eigenvalue weighted by Gasteiger charge is -2.22. The lowest BCUT2D eigenvalue weighted by molar-refractivity contribution is -0.0437. The fourth-order valence-electron chi connectivity index (χ4n) is 1.24. The third kappa shape index (κ3) is 2.46. The summed E-state index contributed by atoms with van der Waals surface area (Å²) in [7, 11) is -3.02. The summed E-state index contributed by atoms with van der Waals surface area (Å²) < 4.78 is 59.7. The van der Waals surface area contributed by atoms with E-state index in [-0.39, 0.29) is 9.99 Å². The Balaban J connectivity index is 3.27. The Morgan fingerprint density at radius 1 is 1.24 bits per heavy atom. The molecule has 0 saturated carbocycles. The number of rotatable bonds is 3. The van der Waals surface area contributed by atoms with Gasteiger partial charge in [0.05, 0.1) is 11.4 Å². The van der Waals surface area contributed by atoms with Gasteiger partial charge in [0.25, 0.3) is 0 Å². The van der Waals surface area contributed by atoms with Gasteiger partial charge in [0, 0.05) is 14.1 Å². The number of benzene rings is 1. The maximum Gasteiger partial charge on any atom is 0.516 e. The van der Waals surface area contributed by atoms with Gasteiger partial charge in [-0.05, 0) is 12.1 Å². The van der Waals surface area contributed by atoms with E-state index < -0.39 is 15.5 Å². The first-order valence-electron chi connectivity index (χ1n) is 4.54. The number of hydrogen-bond acceptors (Lipinski definition) is 3. The molecular weight excluding hydrogens is 257 g/mol. The molecule has 0 radical (unpaired) electrons. The van der Waals surface area contributed by atoms with E-state index in [1.54, 1.807) is 6.07 Å². The van der Waals surface area contributed by atoms with E-state index in [9.17, 15) is 21.6 Å². The maximum atomic E-state index is 12.4. The van der Waals surface area contributed by atoms with Crippen molar-refractivity contribution in [2.45, 2.75) is 5.51 Å². The number of hydrogen-bond donors (Lipinski definition) is 1. The molecule has 8 heteroatoms. The molecule has 4 nitrogen and oxygen atoms in total. The van der Waals surface area contributed by atoms with Gasteiger partial charge in [-0.25, -0.2) is 0 Å². The quantitative estimate of drug-likeness (QED) is 0.912. The number of nitrogens with zero attached hydrogens (tertiary/aromatic N) is 1. The average molecular weight is 268 g/mol. The molecule has 1 aromatic carbocycles. The minimum Gasteiger partial charge on any atom is -0.386 e. The lowest BCUT2D eigenvalue weighted by atomic mass is 10.2. The van der Waals surface area contributed by atoms with Crippen molar-refractivity contribution in [3.63, 3.8) is 0 Å². The van der Waals surface area contributed by atoms with Crippen LogP contribution in [0.5, 0.6) is 0 Å². The van der Waals surface area contributed by atoms with Crippen LogP contribution in [-0.4, -0.2) is 28.0 Å². The van der Waals surface area contributed by atoms with Crippen LogP contribution in [0.1, 0.15) is 0 Å². The minimum absolute atomic E-state index is 0.0627. The lowest BCUT2D eigenvalue weighted by Crippen LogP contribution is -2.38. The molecule has 0 fully saturated rings. The Labute approximate surface area is 97.1 Å². The molecule has 0 amide bonds. The summed E-state index contributed by atoms with van der Waals surface area (Å²) in [6.07, 6.45) is 0. The van der Waals surface area contributed by atoms with Gasteiger partial charge in [0.1, 0.15) is 0 Å². The van der Waals surface area contributed by atoms with Crippen molar-refractivity contribution in [2.75, 3.05) is 23.7 Å². The molecule has 0 atom stereocenters. The van der Waals surface area contributed by atoms with Crippen molar-refractivity contribution in [3.05, 3.63) is 24.3 Å². The Hall–Kier alpha value is -1.44. The van der Waals surface area contributed by atoms with Crippen molar-refractivity contribution >= 4 is 21.4 Å². The summed E-state index contributed by atoms with van der Waals surface area (Å²) in [6, 6.07) is 5.81. The number of halogens is 3. The van der Waals surface area contributed by atoms with Crippen LogP contribution in [0.25, 0.3) is 0 Å². The fraction of sp³-hybridized carbons (Fsp3) is 0.333. The standard InChI is InChI=1S/C9H11F3N2O2S/c1-13-7-5-3-4-6-8(7)14(2)17(15,16)9(10,11)12/h3-6,13H,1-2H3. The smallest absolute Gasteiger partial charge is 0.386 e. The van der Waals surface area contributed by atoms with Gasteiger partial charge in [-0.15, -0.1) is 0 Å². The van der Waals surface area contributed by atoms with E-state index in [0.717, 1.165) is 7.05 Å². The molecule has 96 valence electrons. The normalized spacial score (nSPS) is 12.3. The molecule has 1 aromatic rings. The van der Waals surface area contributed by atoms with Gasteiger partial charge >= 0.3 is 15.5 Å². The summed E-state index contributed by atoms with van der Waals surface area (Å²) in [5.74, 6) is 0. The molecule has 0 spiro atoms. The second-order valence-electron chi connectivity index (χ2n) is 3.19. The number of alkyl halides is 3. The summed E-state index contributed by atoms with van der Waals surface area (Å²) in [5, 5.41) is 2.63. The van der Waals surface area contributed by atoms with Crippen molar-refractivity contribution in [2.24, 2.45) is 0 Å². The highest BCUT2D eigenvalue weighted by Crippen LogP contribution is 2.33. The largest absolute Gasteiger partial charge is 0.516 e. The minimum atomic E-state index is -5.37. The third-order valence-electron chi connectivity index (χ3n) is 2.17. The second kappa shape index (κ2) is 4.44. The van der Waals surface area contributed by atoms with Gasteiger partial charge in [-0.3, -0.25) is 4.31 Å². The molecule has 0 unspecified atom stereocenters. The number of anilines is 2. The summed E-state index contributed by atoms with van der Waals surface area (Å²) in [4.78, 5) is 0. The van der Waals surface area contributed by atoms with E-state index in [4.69, 9.17) is 0 Å². The predicted octanol–water partition coefficient (Wildman–Crippen LogP) is 2.01. The number of para-hydroxylation sites is 2. The first-order valence-corrected chi connectivity index (χ1v) is 5.98. The van der Waals surface area contributed by atoms with E-state index in [1.165, 1.54) is 25.2 Å². The zero-order valence-electron chi connectivity index (χ0n) is 9.12. The summed E-state index contributed by atoms with van der Waals surface area (Å²) >= 11 is 0. The Kier molecular flexibility index (Phi) is 3.56. The van der Waals surface area contributed by atoms with Gasteiger partial charge in [0.2, 0.25) is 0 Å². The first kappa shape index (κ1) is 13.6. The van der Waals surface area contributed by atoms with Gasteiger partial charge in [-0.2, -0.15) is 21.6 Å². The highest BCUT2D eigenvalue weighted by molar-refractivity contribution is 7.93. The molecule has 1 N–H and O–H groups in total. The van der Waals surface area contributed by atoms with Gasteiger partial charge in [0.15, 0.2) is 0 Å². The van der Waals surface area contributed by atoms with Crippen LogP contribution in [0, 0.1) is 0 Å². The van der Waals surface area contributed by atoms with E-state index in [2.05, 4.69) is 5.32 Å². The van der Waals surface area contributed by atoms with Crippen LogP contribution >= 0.6 is 0 Å². The molecule has 0 aromatic heterocycles. The average Bonchev–Trinajstić information content (AvgIpc) is 2.26. The van der Waals surface area contributed by atoms with E-state index >= 15 is 0 Å². The SMILES string of the molecule is CNc1ccccc1N(C)S(=O)(=O)C(F)(F)F. The van der Waals surface area contributed by atoms with E-state index in [0.29, 0.717) is 5.69 Å². The number of nitrogens with one attached hydrogen (secondary N) is 1. The van der Waals surface area contributed by atoms with Crippen molar-refractivity contribution in [3.8, 4) is 0 Å². The van der Waals surface area contributed by atoms with Crippen LogP contribution in [0.2, 0.25) is 0 Å². The molecule has 0 heterocycles. The third-order valence-corrected chi connectivity index (χ3v) is 3.67. The maximum absolute atomic E-state index is 12.4. The highest BCUT2D eigenvalue weighted by atomic mass is 32.2. The predicted molar refractivity (Wildman–Crippen MR) is 59.4 cm³/mol. The fourth-order valence-corrected chi connectivity index (χ4v) is 1.97. The second-order valence-corrected chi connectivity index (χ2v) is 5.15. The molecular formula is C9H11F3N2O2S. The van der Waals surface area contributed by atoms with Crippen LogP contribution in [0.15, 0.2) is 24.3 Å². The highest BCUT2D eigenvalue weighted by Gasteiger charge is 2.49. The van der Waals surface area contributed by atoms with Crippen LogP contribution in [0.3, 0.4) is 0 Å². The topological polar surface area (TPSA) is 49.4 Å². The van der Waals surface area contributed by atoms with Crippen molar-refractivity contribution in [1.82, 2.24) is 0 Å². The molecule has 0 saturated heterocycles. The molecule has 1 rings (SSSR count). The molecule has 0 aliphatic carbocycles. The monoisotopic (exact) mass is 268 g/mol. The first-order chi connectivity index (χ1) is 7.71. The number of sulfonamides is 1. The molecule has 0 aliphatic rings. The van der Waals surface area contributed by atoms with Crippen LogP contribution in [-0.2, 0) is 10.0 Å². The summed E-state index contributed by atoms with van der Waals surface area (Å²) in [5.41, 5.74) is -5.09. The zero-order valence-corrected chi connectivity index (χ0v) is 9.93. The zero-order chi connectivity index (χ0) is 13.3. The van der Waals surface area contributed by atoms with Gasteiger partial charge < -0.3 is 5.32 Å². The van der Waals surface area contributed by atoms with Crippen LogP contribution in [0.4, 0.5) is 24.5 Å². The van der Waals surface area contributed by atoms with Crippen molar-refractivity contribution < 1.29 is 21.6 Å². The van der Waals surface area contributed by atoms with E-state index in [1.807, 2.05) is 0 Å². The molecule has 0 aliphatic heterocycles. The van der Waals surface area contributed by atoms with Crippen molar-refractivity contribution in [1.29, 1.82) is 0 Å².